The summed E-state index contributed by atoms with van der Waals surface area (Å²) in [4.78, 5) is 15.0. The maximum atomic E-state index is 13.0. The number of nitrogens with two attached hydrogens (primary N) is 1. The van der Waals surface area contributed by atoms with E-state index in [1.54, 1.807) is 0 Å². The summed E-state index contributed by atoms with van der Waals surface area (Å²) in [7, 11) is 0. The molecule has 2 aliphatic rings. The molecule has 0 bridgehead atoms. The highest BCUT2D eigenvalue weighted by atomic mass is 16.5. The lowest BCUT2D eigenvalue weighted by Gasteiger charge is -2.38. The normalized spacial score (nSPS) is 21.5. The number of rotatable bonds is 2. The standard InChI is InChI=1S/C17H24N2O2/c18-13-17(7-11-21-12-8-17)16(20)19-9-5-14-3-1-2-4-15(14)6-10-19/h1-4H,5-13,18H2. The number of ether oxygens (including phenoxy) is 1. The van der Waals surface area contributed by atoms with Gasteiger partial charge in [0.1, 0.15) is 0 Å². The molecule has 21 heavy (non-hydrogen) atoms. The lowest BCUT2D eigenvalue weighted by molar-refractivity contribution is -0.147. The Morgan fingerprint density at radius 1 is 1.14 bits per heavy atom. The van der Waals surface area contributed by atoms with Gasteiger partial charge in [-0.2, -0.15) is 0 Å². The summed E-state index contributed by atoms with van der Waals surface area (Å²) < 4.78 is 5.41. The van der Waals surface area contributed by atoms with Crippen LogP contribution in [0.1, 0.15) is 24.0 Å². The molecule has 0 saturated carbocycles. The van der Waals surface area contributed by atoms with Gasteiger partial charge in [0.2, 0.25) is 5.91 Å². The first-order valence-corrected chi connectivity index (χ1v) is 7.89. The summed E-state index contributed by atoms with van der Waals surface area (Å²) in [5, 5.41) is 0. The minimum Gasteiger partial charge on any atom is -0.381 e. The Bertz CT molecular complexity index is 482. The second-order valence-corrected chi connectivity index (χ2v) is 6.16. The third-order valence-electron chi connectivity index (χ3n) is 5.00. The summed E-state index contributed by atoms with van der Waals surface area (Å²) in [6.07, 6.45) is 3.40. The maximum absolute atomic E-state index is 13.0. The van der Waals surface area contributed by atoms with Crippen LogP contribution in [-0.4, -0.2) is 43.7 Å². The summed E-state index contributed by atoms with van der Waals surface area (Å²) in [6.45, 7) is 3.34. The highest BCUT2D eigenvalue weighted by molar-refractivity contribution is 5.83. The summed E-state index contributed by atoms with van der Waals surface area (Å²) in [6, 6.07) is 8.51. The Kier molecular flexibility index (Phi) is 4.27. The Morgan fingerprint density at radius 3 is 2.24 bits per heavy atom. The first kappa shape index (κ1) is 14.5. The predicted molar refractivity (Wildman–Crippen MR) is 82.0 cm³/mol. The van der Waals surface area contributed by atoms with E-state index in [0.717, 1.165) is 38.8 Å². The number of fused-ring (bicyclic) bond motifs is 1. The van der Waals surface area contributed by atoms with Crippen LogP contribution in [0.2, 0.25) is 0 Å². The second-order valence-electron chi connectivity index (χ2n) is 6.16. The number of carbonyl (C=O) groups excluding carboxylic acids is 1. The van der Waals surface area contributed by atoms with Crippen molar-refractivity contribution in [1.82, 2.24) is 4.90 Å². The predicted octanol–water partition coefficient (Wildman–Crippen LogP) is 1.37. The Morgan fingerprint density at radius 2 is 1.71 bits per heavy atom. The average Bonchev–Trinajstić information content (AvgIpc) is 2.77. The molecule has 0 aliphatic carbocycles. The van der Waals surface area contributed by atoms with Gasteiger partial charge in [0.25, 0.3) is 0 Å². The van der Waals surface area contributed by atoms with Crippen molar-refractivity contribution in [3.63, 3.8) is 0 Å². The van der Waals surface area contributed by atoms with Crippen molar-refractivity contribution in [3.8, 4) is 0 Å². The van der Waals surface area contributed by atoms with E-state index in [-0.39, 0.29) is 5.91 Å². The van der Waals surface area contributed by atoms with E-state index in [0.29, 0.717) is 19.8 Å². The van der Waals surface area contributed by atoms with Gasteiger partial charge in [-0.15, -0.1) is 0 Å². The molecule has 3 rings (SSSR count). The number of hydrogen-bond acceptors (Lipinski definition) is 3. The minimum atomic E-state index is -0.394. The third-order valence-corrected chi connectivity index (χ3v) is 5.00. The van der Waals surface area contributed by atoms with Crippen molar-refractivity contribution in [2.75, 3.05) is 32.8 Å². The van der Waals surface area contributed by atoms with E-state index in [9.17, 15) is 4.79 Å². The van der Waals surface area contributed by atoms with Crippen LogP contribution in [0.15, 0.2) is 24.3 Å². The first-order valence-electron chi connectivity index (χ1n) is 7.89. The monoisotopic (exact) mass is 288 g/mol. The molecule has 4 heteroatoms. The van der Waals surface area contributed by atoms with Crippen molar-refractivity contribution in [2.24, 2.45) is 11.1 Å². The zero-order chi connectivity index (χ0) is 14.7. The lowest BCUT2D eigenvalue weighted by Crippen LogP contribution is -2.51. The van der Waals surface area contributed by atoms with Crippen LogP contribution in [0.3, 0.4) is 0 Å². The first-order chi connectivity index (χ1) is 10.2. The largest absolute Gasteiger partial charge is 0.381 e. The van der Waals surface area contributed by atoms with Crippen LogP contribution in [0.5, 0.6) is 0 Å². The molecule has 0 radical (unpaired) electrons. The van der Waals surface area contributed by atoms with Crippen LogP contribution in [-0.2, 0) is 22.4 Å². The topological polar surface area (TPSA) is 55.6 Å². The zero-order valence-electron chi connectivity index (χ0n) is 12.5. The number of carbonyl (C=O) groups is 1. The highest BCUT2D eigenvalue weighted by Crippen LogP contribution is 2.32. The van der Waals surface area contributed by atoms with Crippen molar-refractivity contribution < 1.29 is 9.53 Å². The number of hydrogen-bond donors (Lipinski definition) is 1. The van der Waals surface area contributed by atoms with E-state index in [1.807, 2.05) is 4.90 Å². The number of nitrogens with zero attached hydrogens (tertiary/aromatic N) is 1. The average molecular weight is 288 g/mol. The second kappa shape index (κ2) is 6.16. The molecule has 4 nitrogen and oxygen atoms in total. The van der Waals surface area contributed by atoms with Crippen molar-refractivity contribution in [3.05, 3.63) is 35.4 Å². The molecule has 0 unspecified atom stereocenters. The van der Waals surface area contributed by atoms with Crippen LogP contribution in [0.25, 0.3) is 0 Å². The molecule has 2 heterocycles. The molecule has 0 aromatic heterocycles. The molecule has 1 saturated heterocycles. The SMILES string of the molecule is NCC1(C(=O)N2CCc3ccccc3CC2)CCOCC1. The van der Waals surface area contributed by atoms with Gasteiger partial charge in [0, 0.05) is 32.8 Å². The van der Waals surface area contributed by atoms with Gasteiger partial charge in [-0.1, -0.05) is 24.3 Å². The molecular weight excluding hydrogens is 264 g/mol. The minimum absolute atomic E-state index is 0.237. The zero-order valence-corrected chi connectivity index (χ0v) is 12.5. The van der Waals surface area contributed by atoms with Crippen molar-refractivity contribution >= 4 is 5.91 Å². The van der Waals surface area contributed by atoms with Crippen LogP contribution in [0, 0.1) is 5.41 Å². The molecule has 1 aromatic rings. The molecule has 2 aliphatic heterocycles. The Balaban J connectivity index is 1.74. The molecule has 1 fully saturated rings. The van der Waals surface area contributed by atoms with Gasteiger partial charge in [-0.3, -0.25) is 4.79 Å². The van der Waals surface area contributed by atoms with Gasteiger partial charge in [0.05, 0.1) is 5.41 Å². The highest BCUT2D eigenvalue weighted by Gasteiger charge is 2.41. The third kappa shape index (κ3) is 2.83. The fourth-order valence-electron chi connectivity index (χ4n) is 3.47. The Labute approximate surface area is 126 Å². The van der Waals surface area contributed by atoms with Crippen LogP contribution >= 0.6 is 0 Å². The van der Waals surface area contributed by atoms with Crippen LogP contribution < -0.4 is 5.73 Å². The van der Waals surface area contributed by atoms with Crippen molar-refractivity contribution in [2.45, 2.75) is 25.7 Å². The maximum Gasteiger partial charge on any atom is 0.230 e. The Hall–Kier alpha value is -1.39. The summed E-state index contributed by atoms with van der Waals surface area (Å²) in [5.41, 5.74) is 8.32. The molecule has 2 N–H and O–H groups in total. The van der Waals surface area contributed by atoms with Gasteiger partial charge in [-0.25, -0.2) is 0 Å². The van der Waals surface area contributed by atoms with Gasteiger partial charge in [-0.05, 0) is 36.8 Å². The molecular formula is C17H24N2O2. The van der Waals surface area contributed by atoms with Gasteiger partial charge >= 0.3 is 0 Å². The van der Waals surface area contributed by atoms with Gasteiger partial charge in [0.15, 0.2) is 0 Å². The van der Waals surface area contributed by atoms with E-state index in [2.05, 4.69) is 24.3 Å². The number of amides is 1. The van der Waals surface area contributed by atoms with Crippen molar-refractivity contribution in [1.29, 1.82) is 0 Å². The fraction of sp³-hybridized carbons (Fsp3) is 0.588. The fourth-order valence-corrected chi connectivity index (χ4v) is 3.47. The quantitative estimate of drug-likeness (QED) is 0.894. The number of benzene rings is 1. The van der Waals surface area contributed by atoms with E-state index >= 15 is 0 Å². The van der Waals surface area contributed by atoms with E-state index in [4.69, 9.17) is 10.5 Å². The van der Waals surface area contributed by atoms with Gasteiger partial charge < -0.3 is 15.4 Å². The molecule has 1 aromatic carbocycles. The smallest absolute Gasteiger partial charge is 0.230 e. The molecule has 114 valence electrons. The molecule has 1 amide bonds. The van der Waals surface area contributed by atoms with Crippen LogP contribution in [0.4, 0.5) is 0 Å². The summed E-state index contributed by atoms with van der Waals surface area (Å²) in [5.74, 6) is 0.237. The summed E-state index contributed by atoms with van der Waals surface area (Å²) >= 11 is 0. The molecule has 0 spiro atoms. The van der Waals surface area contributed by atoms with E-state index < -0.39 is 5.41 Å². The lowest BCUT2D eigenvalue weighted by atomic mass is 9.79. The molecule has 0 atom stereocenters. The van der Waals surface area contributed by atoms with E-state index in [1.165, 1.54) is 11.1 Å².